The summed E-state index contributed by atoms with van der Waals surface area (Å²) in [7, 11) is 0. The maximum atomic E-state index is 8.32. The van der Waals surface area contributed by atoms with E-state index in [4.69, 9.17) is 5.26 Å². The van der Waals surface area contributed by atoms with Gasteiger partial charge in [-0.15, -0.1) is 0 Å². The van der Waals surface area contributed by atoms with E-state index in [0.29, 0.717) is 6.42 Å². The van der Waals surface area contributed by atoms with Crippen LogP contribution >= 0.6 is 0 Å². The number of nitrogens with one attached hydrogen (secondary N) is 1. The van der Waals surface area contributed by atoms with Gasteiger partial charge in [-0.25, -0.2) is 0 Å². The van der Waals surface area contributed by atoms with E-state index in [2.05, 4.69) is 16.4 Å². The molecule has 0 spiro atoms. The lowest BCUT2D eigenvalue weighted by Crippen LogP contribution is -2.14. The van der Waals surface area contributed by atoms with Crippen molar-refractivity contribution in [2.24, 2.45) is 0 Å². The zero-order valence-corrected chi connectivity index (χ0v) is 7.75. The minimum atomic E-state index is 0.560. The van der Waals surface area contributed by atoms with Crippen molar-refractivity contribution < 1.29 is 0 Å². The van der Waals surface area contributed by atoms with Crippen molar-refractivity contribution in [1.29, 1.82) is 5.26 Å². The minimum Gasteiger partial charge on any atom is -0.312 e. The van der Waals surface area contributed by atoms with Gasteiger partial charge in [-0.1, -0.05) is 0 Å². The molecule has 3 nitrogen and oxygen atoms in total. The normalized spacial score (nSPS) is 9.54. The van der Waals surface area contributed by atoms with E-state index in [1.165, 1.54) is 11.1 Å². The average molecular weight is 175 g/mol. The fraction of sp³-hybridized carbons (Fsp3) is 0.400. The van der Waals surface area contributed by atoms with Crippen LogP contribution in [0.25, 0.3) is 0 Å². The van der Waals surface area contributed by atoms with Crippen molar-refractivity contribution in [1.82, 2.24) is 10.3 Å². The first-order valence-electron chi connectivity index (χ1n) is 4.31. The predicted molar refractivity (Wildman–Crippen MR) is 50.9 cm³/mol. The molecule has 0 radical (unpaired) electrons. The lowest BCUT2D eigenvalue weighted by atomic mass is 10.1. The molecule has 1 aromatic rings. The van der Waals surface area contributed by atoms with E-state index in [1.54, 1.807) is 6.20 Å². The monoisotopic (exact) mass is 175 g/mol. The van der Waals surface area contributed by atoms with Crippen LogP contribution in [0.2, 0.25) is 0 Å². The van der Waals surface area contributed by atoms with Crippen molar-refractivity contribution in [3.05, 3.63) is 29.6 Å². The lowest BCUT2D eigenvalue weighted by molar-refractivity contribution is 0.695. The van der Waals surface area contributed by atoms with Gasteiger partial charge in [0, 0.05) is 31.9 Å². The molecule has 0 bridgehead atoms. The summed E-state index contributed by atoms with van der Waals surface area (Å²) in [5.41, 5.74) is 2.43. The molecular formula is C10H13N3. The van der Waals surface area contributed by atoms with Crippen LogP contribution in [-0.2, 0) is 6.54 Å². The Morgan fingerprint density at radius 1 is 1.62 bits per heavy atom. The van der Waals surface area contributed by atoms with E-state index in [9.17, 15) is 0 Å². The molecule has 0 atom stereocenters. The Bertz CT molecular complexity index is 301. The summed E-state index contributed by atoms with van der Waals surface area (Å²) in [5.74, 6) is 0. The molecule has 1 rings (SSSR count). The van der Waals surface area contributed by atoms with Gasteiger partial charge in [0.25, 0.3) is 0 Å². The maximum absolute atomic E-state index is 8.32. The first-order chi connectivity index (χ1) is 6.34. The molecule has 0 amide bonds. The Balaban J connectivity index is 2.37. The summed E-state index contributed by atoms with van der Waals surface area (Å²) in [5, 5.41) is 11.5. The molecule has 0 aromatic carbocycles. The molecule has 0 aliphatic heterocycles. The smallest absolute Gasteiger partial charge is 0.0635 e. The molecule has 0 aliphatic carbocycles. The van der Waals surface area contributed by atoms with Gasteiger partial charge in [-0.3, -0.25) is 4.98 Å². The third-order valence-electron chi connectivity index (χ3n) is 1.87. The molecule has 13 heavy (non-hydrogen) atoms. The summed E-state index contributed by atoms with van der Waals surface area (Å²) in [6.07, 6.45) is 4.19. The highest BCUT2D eigenvalue weighted by Gasteiger charge is 1.95. The molecule has 0 aliphatic rings. The van der Waals surface area contributed by atoms with Crippen LogP contribution in [-0.4, -0.2) is 11.5 Å². The van der Waals surface area contributed by atoms with Crippen molar-refractivity contribution in [2.45, 2.75) is 19.9 Å². The molecule has 1 aromatic heterocycles. The third kappa shape index (κ3) is 3.22. The van der Waals surface area contributed by atoms with Crippen molar-refractivity contribution in [2.75, 3.05) is 6.54 Å². The summed E-state index contributed by atoms with van der Waals surface area (Å²) in [6, 6.07) is 4.09. The standard InChI is InChI=1S/C10H13N3/c1-9-7-13-6-3-10(9)8-12-5-2-4-11/h3,6-7,12H,2,5,8H2,1H3. The maximum Gasteiger partial charge on any atom is 0.0635 e. The SMILES string of the molecule is Cc1cnccc1CNCCC#N. The third-order valence-corrected chi connectivity index (χ3v) is 1.87. The van der Waals surface area contributed by atoms with Crippen LogP contribution in [0.3, 0.4) is 0 Å². The number of hydrogen-bond acceptors (Lipinski definition) is 3. The summed E-state index contributed by atoms with van der Waals surface area (Å²) >= 11 is 0. The minimum absolute atomic E-state index is 0.560. The second kappa shape index (κ2) is 5.28. The quantitative estimate of drug-likeness (QED) is 0.703. The Kier molecular flexibility index (Phi) is 3.94. The first kappa shape index (κ1) is 9.69. The Morgan fingerprint density at radius 2 is 2.46 bits per heavy atom. The fourth-order valence-corrected chi connectivity index (χ4v) is 1.07. The highest BCUT2D eigenvalue weighted by molar-refractivity contribution is 5.21. The van der Waals surface area contributed by atoms with Crippen LogP contribution in [0.5, 0.6) is 0 Å². The predicted octanol–water partition coefficient (Wildman–Crippen LogP) is 1.39. The molecule has 1 N–H and O–H groups in total. The van der Waals surface area contributed by atoms with E-state index in [-0.39, 0.29) is 0 Å². The molecule has 0 unspecified atom stereocenters. The Hall–Kier alpha value is -1.40. The molecule has 0 saturated carbocycles. The molecule has 68 valence electrons. The molecular weight excluding hydrogens is 162 g/mol. The van der Waals surface area contributed by atoms with Gasteiger partial charge >= 0.3 is 0 Å². The average Bonchev–Trinajstić information content (AvgIpc) is 2.15. The van der Waals surface area contributed by atoms with Crippen LogP contribution in [0.1, 0.15) is 17.5 Å². The lowest BCUT2D eigenvalue weighted by Gasteiger charge is -2.04. The second-order valence-corrected chi connectivity index (χ2v) is 2.89. The molecule has 0 saturated heterocycles. The zero-order chi connectivity index (χ0) is 9.52. The van der Waals surface area contributed by atoms with Gasteiger partial charge in [0.15, 0.2) is 0 Å². The van der Waals surface area contributed by atoms with Gasteiger partial charge in [0.1, 0.15) is 0 Å². The van der Waals surface area contributed by atoms with Crippen molar-refractivity contribution >= 4 is 0 Å². The Labute approximate surface area is 78.4 Å². The molecule has 0 fully saturated rings. The molecule has 1 heterocycles. The van der Waals surface area contributed by atoms with Gasteiger partial charge in [-0.2, -0.15) is 5.26 Å². The number of nitrogens with zero attached hydrogens (tertiary/aromatic N) is 2. The highest BCUT2D eigenvalue weighted by Crippen LogP contribution is 2.03. The van der Waals surface area contributed by atoms with E-state index < -0.39 is 0 Å². The summed E-state index contributed by atoms with van der Waals surface area (Å²) in [6.45, 7) is 3.60. The Morgan fingerprint density at radius 3 is 3.15 bits per heavy atom. The van der Waals surface area contributed by atoms with E-state index in [1.807, 2.05) is 19.2 Å². The number of aryl methyl sites for hydroxylation is 1. The van der Waals surface area contributed by atoms with Gasteiger partial charge < -0.3 is 5.32 Å². The largest absolute Gasteiger partial charge is 0.312 e. The number of rotatable bonds is 4. The van der Waals surface area contributed by atoms with Crippen LogP contribution < -0.4 is 5.32 Å². The van der Waals surface area contributed by atoms with E-state index >= 15 is 0 Å². The van der Waals surface area contributed by atoms with Crippen molar-refractivity contribution in [3.8, 4) is 6.07 Å². The van der Waals surface area contributed by atoms with Crippen LogP contribution in [0, 0.1) is 18.3 Å². The van der Waals surface area contributed by atoms with Gasteiger partial charge in [-0.05, 0) is 24.1 Å². The highest BCUT2D eigenvalue weighted by atomic mass is 14.8. The van der Waals surface area contributed by atoms with E-state index in [0.717, 1.165) is 13.1 Å². The van der Waals surface area contributed by atoms with Crippen LogP contribution in [0.15, 0.2) is 18.5 Å². The summed E-state index contributed by atoms with van der Waals surface area (Å²) < 4.78 is 0. The number of pyridine rings is 1. The zero-order valence-electron chi connectivity index (χ0n) is 7.75. The molecule has 3 heteroatoms. The topological polar surface area (TPSA) is 48.7 Å². The van der Waals surface area contributed by atoms with Crippen LogP contribution in [0.4, 0.5) is 0 Å². The number of nitriles is 1. The first-order valence-corrected chi connectivity index (χ1v) is 4.31. The number of hydrogen-bond donors (Lipinski definition) is 1. The second-order valence-electron chi connectivity index (χ2n) is 2.89. The van der Waals surface area contributed by atoms with Gasteiger partial charge in [0.2, 0.25) is 0 Å². The number of aromatic nitrogens is 1. The van der Waals surface area contributed by atoms with Crippen molar-refractivity contribution in [3.63, 3.8) is 0 Å². The fourth-order valence-electron chi connectivity index (χ4n) is 1.07. The summed E-state index contributed by atoms with van der Waals surface area (Å²) in [4.78, 5) is 4.01. The van der Waals surface area contributed by atoms with Gasteiger partial charge in [0.05, 0.1) is 6.07 Å².